The summed E-state index contributed by atoms with van der Waals surface area (Å²) in [7, 11) is -3.34. The lowest BCUT2D eigenvalue weighted by atomic mass is 9.92. The van der Waals surface area contributed by atoms with Crippen LogP contribution in [-0.2, 0) is 10.0 Å². The Morgan fingerprint density at radius 2 is 1.90 bits per heavy atom. The highest BCUT2D eigenvalue weighted by atomic mass is 32.2. The second-order valence-corrected chi connectivity index (χ2v) is 9.74. The molecule has 1 fully saturated rings. The van der Waals surface area contributed by atoms with Gasteiger partial charge < -0.3 is 9.30 Å². The summed E-state index contributed by atoms with van der Waals surface area (Å²) in [4.78, 5) is 0. The SMILES string of the molecule is CCCS(=O)(=O)Nc1ccc(-c2c(C#N)c3cc(OCC)ccc3n2C2CCC2)cc1. The maximum atomic E-state index is 12.1. The summed E-state index contributed by atoms with van der Waals surface area (Å²) in [6.07, 6.45) is 3.92. The highest BCUT2D eigenvalue weighted by Crippen LogP contribution is 2.43. The van der Waals surface area contributed by atoms with Crippen LogP contribution in [-0.4, -0.2) is 25.3 Å². The first-order valence-corrected chi connectivity index (χ1v) is 12.4. The standard InChI is InChI=1S/C24H27N3O3S/c1-3-14-31(28,29)26-18-10-8-17(9-11-18)24-22(16-25)21-15-20(30-4-2)12-13-23(21)27(24)19-6-5-7-19/h8-13,15,19,26H,3-7,14H2,1-2H3. The summed E-state index contributed by atoms with van der Waals surface area (Å²) in [5, 5.41) is 10.9. The summed E-state index contributed by atoms with van der Waals surface area (Å²) in [6, 6.07) is 16.0. The molecule has 162 valence electrons. The number of ether oxygens (including phenoxy) is 1. The Kier molecular flexibility index (Phi) is 5.92. The summed E-state index contributed by atoms with van der Waals surface area (Å²) in [5.74, 6) is 0.843. The number of anilines is 1. The third kappa shape index (κ3) is 4.13. The van der Waals surface area contributed by atoms with Crippen molar-refractivity contribution < 1.29 is 13.2 Å². The monoisotopic (exact) mass is 437 g/mol. The van der Waals surface area contributed by atoms with Gasteiger partial charge in [-0.1, -0.05) is 19.1 Å². The van der Waals surface area contributed by atoms with Crippen molar-refractivity contribution in [2.45, 2.75) is 45.6 Å². The van der Waals surface area contributed by atoms with Crippen LogP contribution in [0.4, 0.5) is 5.69 Å². The zero-order valence-electron chi connectivity index (χ0n) is 17.9. The predicted molar refractivity (Wildman–Crippen MR) is 124 cm³/mol. The third-order valence-corrected chi connectivity index (χ3v) is 7.23. The number of rotatable bonds is 8. The molecule has 6 nitrogen and oxygen atoms in total. The molecule has 0 radical (unpaired) electrons. The highest BCUT2D eigenvalue weighted by molar-refractivity contribution is 7.92. The molecule has 1 aliphatic carbocycles. The molecule has 0 saturated heterocycles. The molecule has 4 rings (SSSR count). The van der Waals surface area contributed by atoms with Crippen LogP contribution in [0.25, 0.3) is 22.2 Å². The highest BCUT2D eigenvalue weighted by Gasteiger charge is 2.28. The van der Waals surface area contributed by atoms with Crippen molar-refractivity contribution in [3.63, 3.8) is 0 Å². The van der Waals surface area contributed by atoms with Crippen molar-refractivity contribution in [2.24, 2.45) is 0 Å². The number of nitrogens with one attached hydrogen (secondary N) is 1. The van der Waals surface area contributed by atoms with E-state index in [1.807, 2.05) is 44.2 Å². The normalized spacial score (nSPS) is 14.2. The molecule has 0 unspecified atom stereocenters. The molecule has 2 aromatic carbocycles. The number of hydrogen-bond donors (Lipinski definition) is 1. The molecule has 0 aliphatic heterocycles. The smallest absolute Gasteiger partial charge is 0.232 e. The van der Waals surface area contributed by atoms with Gasteiger partial charge in [0.05, 0.1) is 29.1 Å². The second-order valence-electron chi connectivity index (χ2n) is 7.90. The minimum absolute atomic E-state index is 0.0887. The van der Waals surface area contributed by atoms with Crippen molar-refractivity contribution in [2.75, 3.05) is 17.1 Å². The number of nitrogens with zero attached hydrogens (tertiary/aromatic N) is 2. The fourth-order valence-corrected chi connectivity index (χ4v) is 5.30. The Labute approximate surface area is 183 Å². The summed E-state index contributed by atoms with van der Waals surface area (Å²) in [5.41, 5.74) is 3.98. The fraction of sp³-hybridized carbons (Fsp3) is 0.375. The minimum Gasteiger partial charge on any atom is -0.494 e. The van der Waals surface area contributed by atoms with Crippen molar-refractivity contribution in [3.8, 4) is 23.1 Å². The molecule has 0 amide bonds. The largest absolute Gasteiger partial charge is 0.494 e. The molecule has 3 aromatic rings. The van der Waals surface area contributed by atoms with Gasteiger partial charge in [0.25, 0.3) is 0 Å². The van der Waals surface area contributed by atoms with E-state index in [0.29, 0.717) is 30.3 Å². The predicted octanol–water partition coefficient (Wildman–Crippen LogP) is 5.46. The van der Waals surface area contributed by atoms with Crippen LogP contribution in [0.2, 0.25) is 0 Å². The topological polar surface area (TPSA) is 84.1 Å². The van der Waals surface area contributed by atoms with Gasteiger partial charge in [0, 0.05) is 17.1 Å². The first-order chi connectivity index (χ1) is 15.0. The molecule has 1 saturated carbocycles. The van der Waals surface area contributed by atoms with E-state index in [4.69, 9.17) is 4.74 Å². The van der Waals surface area contributed by atoms with Crippen molar-refractivity contribution in [1.29, 1.82) is 5.26 Å². The average molecular weight is 438 g/mol. The Morgan fingerprint density at radius 1 is 1.16 bits per heavy atom. The van der Waals surface area contributed by atoms with E-state index in [9.17, 15) is 13.7 Å². The minimum atomic E-state index is -3.34. The fourth-order valence-electron chi connectivity index (χ4n) is 4.17. The number of fused-ring (bicyclic) bond motifs is 1. The number of sulfonamides is 1. The van der Waals surface area contributed by atoms with Crippen LogP contribution in [0.5, 0.6) is 5.75 Å². The lowest BCUT2D eigenvalue weighted by molar-refractivity contribution is 0.324. The van der Waals surface area contributed by atoms with E-state index >= 15 is 0 Å². The zero-order chi connectivity index (χ0) is 22.0. The van der Waals surface area contributed by atoms with Crippen LogP contribution >= 0.6 is 0 Å². The van der Waals surface area contributed by atoms with E-state index in [1.165, 1.54) is 6.42 Å². The molecule has 1 aliphatic rings. The van der Waals surface area contributed by atoms with Crippen molar-refractivity contribution >= 4 is 26.6 Å². The number of aromatic nitrogens is 1. The first kappa shape index (κ1) is 21.3. The molecule has 0 spiro atoms. The number of hydrogen-bond acceptors (Lipinski definition) is 4. The maximum absolute atomic E-state index is 12.1. The maximum Gasteiger partial charge on any atom is 0.232 e. The lowest BCUT2D eigenvalue weighted by Gasteiger charge is -2.30. The molecule has 31 heavy (non-hydrogen) atoms. The summed E-state index contributed by atoms with van der Waals surface area (Å²) >= 11 is 0. The van der Waals surface area contributed by atoms with Crippen LogP contribution in [0.15, 0.2) is 42.5 Å². The van der Waals surface area contributed by atoms with E-state index in [2.05, 4.69) is 15.4 Å². The first-order valence-electron chi connectivity index (χ1n) is 10.8. The van der Waals surface area contributed by atoms with Gasteiger partial charge in [-0.15, -0.1) is 0 Å². The zero-order valence-corrected chi connectivity index (χ0v) is 18.7. The number of benzene rings is 2. The molecule has 1 aromatic heterocycles. The van der Waals surface area contributed by atoms with Crippen molar-refractivity contribution in [3.05, 3.63) is 48.0 Å². The Morgan fingerprint density at radius 3 is 2.48 bits per heavy atom. The van der Waals surface area contributed by atoms with Gasteiger partial charge in [-0.25, -0.2) is 8.42 Å². The van der Waals surface area contributed by atoms with Gasteiger partial charge in [-0.2, -0.15) is 5.26 Å². The van der Waals surface area contributed by atoms with Crippen LogP contribution in [0.1, 0.15) is 51.1 Å². The molecule has 1 N–H and O–H groups in total. The lowest BCUT2D eigenvalue weighted by Crippen LogP contribution is -2.18. The average Bonchev–Trinajstić information content (AvgIpc) is 3.00. The van der Waals surface area contributed by atoms with Gasteiger partial charge in [0.15, 0.2) is 0 Å². The van der Waals surface area contributed by atoms with Gasteiger partial charge >= 0.3 is 0 Å². The van der Waals surface area contributed by atoms with Crippen LogP contribution in [0.3, 0.4) is 0 Å². The van der Waals surface area contributed by atoms with Gasteiger partial charge in [-0.3, -0.25) is 4.72 Å². The molecule has 1 heterocycles. The molecule has 0 bridgehead atoms. The molecular formula is C24H27N3O3S. The Bertz CT molecular complexity index is 1230. The van der Waals surface area contributed by atoms with Gasteiger partial charge in [0.2, 0.25) is 10.0 Å². The molecule has 7 heteroatoms. The molecular weight excluding hydrogens is 410 g/mol. The van der Waals surface area contributed by atoms with Gasteiger partial charge in [0.1, 0.15) is 11.8 Å². The second kappa shape index (κ2) is 8.64. The summed E-state index contributed by atoms with van der Waals surface area (Å²) < 4.78 is 34.7. The third-order valence-electron chi connectivity index (χ3n) is 5.74. The quantitative estimate of drug-likeness (QED) is 0.507. The van der Waals surface area contributed by atoms with E-state index in [0.717, 1.165) is 40.8 Å². The molecule has 0 atom stereocenters. The van der Waals surface area contributed by atoms with E-state index in [1.54, 1.807) is 12.1 Å². The van der Waals surface area contributed by atoms with E-state index in [-0.39, 0.29) is 5.75 Å². The van der Waals surface area contributed by atoms with Crippen LogP contribution in [0, 0.1) is 11.3 Å². The Balaban J connectivity index is 1.82. The van der Waals surface area contributed by atoms with Gasteiger partial charge in [-0.05, 0) is 68.5 Å². The summed E-state index contributed by atoms with van der Waals surface area (Å²) in [6.45, 7) is 4.34. The van der Waals surface area contributed by atoms with Crippen LogP contribution < -0.4 is 9.46 Å². The number of nitriles is 1. The van der Waals surface area contributed by atoms with Crippen molar-refractivity contribution in [1.82, 2.24) is 4.57 Å². The Hall–Kier alpha value is -2.98. The van der Waals surface area contributed by atoms with E-state index < -0.39 is 10.0 Å².